The van der Waals surface area contributed by atoms with E-state index in [1.807, 2.05) is 25.3 Å². The number of aryl methyl sites for hydroxylation is 1. The Morgan fingerprint density at radius 2 is 2.36 bits per heavy atom. The molecule has 0 bridgehead atoms. The van der Waals surface area contributed by atoms with E-state index in [4.69, 9.17) is 0 Å². The molecule has 1 aromatic rings. The van der Waals surface area contributed by atoms with Gasteiger partial charge in [-0.3, -0.25) is 0 Å². The maximum absolute atomic E-state index is 3.32. The van der Waals surface area contributed by atoms with Crippen molar-refractivity contribution in [2.45, 2.75) is 32.7 Å². The van der Waals surface area contributed by atoms with E-state index in [-0.39, 0.29) is 0 Å². The summed E-state index contributed by atoms with van der Waals surface area (Å²) in [4.78, 5) is 1.44. The Hall–Kier alpha value is -0.780. The molecular weight excluding hydrogens is 190 g/mol. The van der Waals surface area contributed by atoms with Crippen LogP contribution in [-0.2, 0) is 6.42 Å². The van der Waals surface area contributed by atoms with E-state index < -0.39 is 0 Å². The number of hydrogen-bond acceptors (Lipinski definition) is 2. The lowest BCUT2D eigenvalue weighted by molar-refractivity contribution is 0.617. The van der Waals surface area contributed by atoms with Crippen LogP contribution < -0.4 is 5.32 Å². The second kappa shape index (κ2) is 5.85. The molecule has 1 unspecified atom stereocenters. The van der Waals surface area contributed by atoms with E-state index in [9.17, 15) is 0 Å². The third-order valence-corrected chi connectivity index (χ3v) is 3.38. The summed E-state index contributed by atoms with van der Waals surface area (Å²) < 4.78 is 0. The quantitative estimate of drug-likeness (QED) is 0.748. The van der Waals surface area contributed by atoms with E-state index in [0.717, 1.165) is 12.8 Å². The van der Waals surface area contributed by atoms with Crippen molar-refractivity contribution in [2.75, 3.05) is 7.05 Å². The first-order chi connectivity index (χ1) is 6.83. The van der Waals surface area contributed by atoms with Crippen LogP contribution in [0.4, 0.5) is 0 Å². The van der Waals surface area contributed by atoms with E-state index >= 15 is 0 Å². The molecule has 0 aliphatic heterocycles. The van der Waals surface area contributed by atoms with Crippen molar-refractivity contribution >= 4 is 11.3 Å². The predicted molar refractivity (Wildman–Crippen MR) is 63.6 cm³/mol. The molecule has 1 atom stereocenters. The predicted octanol–water partition coefficient (Wildman–Crippen LogP) is 2.98. The fraction of sp³-hybridized carbons (Fsp3) is 0.500. The molecule has 0 aliphatic carbocycles. The van der Waals surface area contributed by atoms with Crippen LogP contribution >= 0.6 is 11.3 Å². The third-order valence-electron chi connectivity index (χ3n) is 2.31. The molecule has 0 amide bonds. The van der Waals surface area contributed by atoms with E-state index in [2.05, 4.69) is 35.5 Å². The van der Waals surface area contributed by atoms with Crippen LogP contribution in [0.2, 0.25) is 0 Å². The molecule has 0 aliphatic rings. The Kier molecular flexibility index (Phi) is 4.72. The molecule has 76 valence electrons. The van der Waals surface area contributed by atoms with Crippen molar-refractivity contribution in [2.24, 2.45) is 0 Å². The highest BCUT2D eigenvalue weighted by atomic mass is 32.1. The molecule has 0 aromatic carbocycles. The first-order valence-corrected chi connectivity index (χ1v) is 5.84. The van der Waals surface area contributed by atoms with Gasteiger partial charge in [-0.2, -0.15) is 0 Å². The minimum Gasteiger partial charge on any atom is -0.312 e. The van der Waals surface area contributed by atoms with Gasteiger partial charge in [-0.25, -0.2) is 0 Å². The monoisotopic (exact) mass is 207 g/mol. The summed E-state index contributed by atoms with van der Waals surface area (Å²) >= 11 is 1.83. The topological polar surface area (TPSA) is 12.0 Å². The first kappa shape index (κ1) is 11.3. The minimum absolute atomic E-state index is 0.400. The molecule has 14 heavy (non-hydrogen) atoms. The zero-order valence-corrected chi connectivity index (χ0v) is 9.87. The summed E-state index contributed by atoms with van der Waals surface area (Å²) in [6.07, 6.45) is 2.01. The van der Waals surface area contributed by atoms with Gasteiger partial charge in [0.25, 0.3) is 0 Å². The highest BCUT2D eigenvalue weighted by Gasteiger charge is 2.12. The van der Waals surface area contributed by atoms with Crippen LogP contribution in [0.5, 0.6) is 0 Å². The van der Waals surface area contributed by atoms with Gasteiger partial charge in [0.2, 0.25) is 0 Å². The van der Waals surface area contributed by atoms with Crippen LogP contribution in [0, 0.1) is 11.8 Å². The van der Waals surface area contributed by atoms with Gasteiger partial charge in [-0.15, -0.1) is 23.2 Å². The van der Waals surface area contributed by atoms with Crippen LogP contribution in [-0.4, -0.2) is 7.05 Å². The van der Waals surface area contributed by atoms with Gasteiger partial charge in [0.05, 0.1) is 6.04 Å². The second-order valence-corrected chi connectivity index (χ2v) is 4.08. The summed E-state index contributed by atoms with van der Waals surface area (Å²) in [5.41, 5.74) is 1.45. The van der Waals surface area contributed by atoms with Gasteiger partial charge in [-0.1, -0.05) is 6.92 Å². The van der Waals surface area contributed by atoms with E-state index in [1.54, 1.807) is 0 Å². The fourth-order valence-corrected chi connectivity index (χ4v) is 2.58. The van der Waals surface area contributed by atoms with E-state index in [0.29, 0.717) is 6.04 Å². The molecule has 0 fully saturated rings. The molecule has 1 nitrogen and oxygen atoms in total. The van der Waals surface area contributed by atoms with Crippen molar-refractivity contribution in [1.82, 2.24) is 5.32 Å². The minimum atomic E-state index is 0.400. The maximum Gasteiger partial charge on any atom is 0.0526 e. The molecular formula is C12H17NS. The summed E-state index contributed by atoms with van der Waals surface area (Å²) in [6, 6.07) is 2.61. The zero-order valence-electron chi connectivity index (χ0n) is 9.05. The Balaban J connectivity index is 2.80. The molecule has 1 heterocycles. The molecule has 0 spiro atoms. The van der Waals surface area contributed by atoms with Crippen LogP contribution in [0.1, 0.15) is 36.8 Å². The molecule has 2 heteroatoms. The average Bonchev–Trinajstić information content (AvgIpc) is 2.67. The fourth-order valence-electron chi connectivity index (χ4n) is 1.48. The molecule has 1 rings (SSSR count). The molecule has 0 radical (unpaired) electrons. The number of nitrogens with one attached hydrogen (secondary N) is 1. The number of thiophene rings is 1. The van der Waals surface area contributed by atoms with Gasteiger partial charge in [0.15, 0.2) is 0 Å². The highest BCUT2D eigenvalue weighted by Crippen LogP contribution is 2.26. The van der Waals surface area contributed by atoms with E-state index in [1.165, 1.54) is 10.4 Å². The Morgan fingerprint density at radius 3 is 2.93 bits per heavy atom. The molecule has 0 saturated carbocycles. The molecule has 1 aromatic heterocycles. The lowest BCUT2D eigenvalue weighted by Gasteiger charge is -2.13. The summed E-state index contributed by atoms with van der Waals surface area (Å²) in [5, 5.41) is 5.49. The smallest absolute Gasteiger partial charge is 0.0526 e. The maximum atomic E-state index is 3.32. The van der Waals surface area contributed by atoms with Gasteiger partial charge < -0.3 is 5.32 Å². The normalized spacial score (nSPS) is 11.9. The lowest BCUT2D eigenvalue weighted by Crippen LogP contribution is -2.15. The standard InChI is InChI=1S/C12H17NS/c1-4-6-7-11(13-3)12-10(5-2)8-9-14-12/h8-9,11,13H,5,7H2,1-3H3. The van der Waals surface area contributed by atoms with Gasteiger partial charge in [-0.05, 0) is 37.4 Å². The van der Waals surface area contributed by atoms with Crippen molar-refractivity contribution in [3.8, 4) is 11.8 Å². The Labute approximate surface area is 90.5 Å². The summed E-state index contributed by atoms with van der Waals surface area (Å²) in [7, 11) is 2.00. The van der Waals surface area contributed by atoms with Crippen molar-refractivity contribution in [3.63, 3.8) is 0 Å². The van der Waals surface area contributed by atoms with Crippen molar-refractivity contribution in [1.29, 1.82) is 0 Å². The highest BCUT2D eigenvalue weighted by molar-refractivity contribution is 7.10. The molecule has 1 N–H and O–H groups in total. The lowest BCUT2D eigenvalue weighted by atomic mass is 10.1. The average molecular weight is 207 g/mol. The SMILES string of the molecule is CC#CCC(NC)c1sccc1CC. The largest absolute Gasteiger partial charge is 0.312 e. The van der Waals surface area contributed by atoms with Crippen molar-refractivity contribution < 1.29 is 0 Å². The second-order valence-electron chi connectivity index (χ2n) is 3.14. The first-order valence-electron chi connectivity index (χ1n) is 4.96. The summed E-state index contributed by atoms with van der Waals surface area (Å²) in [6.45, 7) is 4.09. The summed E-state index contributed by atoms with van der Waals surface area (Å²) in [5.74, 6) is 6.08. The zero-order chi connectivity index (χ0) is 10.4. The third kappa shape index (κ3) is 2.60. The Morgan fingerprint density at radius 1 is 1.57 bits per heavy atom. The number of rotatable bonds is 4. The Bertz CT molecular complexity index is 330. The van der Waals surface area contributed by atoms with Crippen LogP contribution in [0.3, 0.4) is 0 Å². The van der Waals surface area contributed by atoms with Gasteiger partial charge in [0.1, 0.15) is 0 Å². The van der Waals surface area contributed by atoms with Crippen LogP contribution in [0.25, 0.3) is 0 Å². The number of hydrogen-bond donors (Lipinski definition) is 1. The van der Waals surface area contributed by atoms with Gasteiger partial charge >= 0.3 is 0 Å². The van der Waals surface area contributed by atoms with Gasteiger partial charge in [0, 0.05) is 11.3 Å². The van der Waals surface area contributed by atoms with Crippen molar-refractivity contribution in [3.05, 3.63) is 21.9 Å². The van der Waals surface area contributed by atoms with Crippen LogP contribution in [0.15, 0.2) is 11.4 Å². The molecule has 0 saturated heterocycles.